The van der Waals surface area contributed by atoms with Crippen molar-refractivity contribution in [2.75, 3.05) is 5.32 Å². The number of carboxylic acid groups (broad SMARTS) is 1. The summed E-state index contributed by atoms with van der Waals surface area (Å²) in [5.41, 5.74) is 1.89. The molecule has 0 spiro atoms. The molecular weight excluding hydrogens is 262 g/mol. The highest BCUT2D eigenvalue weighted by Crippen LogP contribution is 2.22. The molecular formula is C13H15N3O2S. The first-order valence-corrected chi connectivity index (χ1v) is 6.74. The number of aromatic nitrogens is 2. The van der Waals surface area contributed by atoms with Gasteiger partial charge in [-0.05, 0) is 32.9 Å². The minimum atomic E-state index is -0.953. The first-order chi connectivity index (χ1) is 8.95. The van der Waals surface area contributed by atoms with E-state index in [0.717, 1.165) is 10.7 Å². The molecule has 100 valence electrons. The fourth-order valence-electron chi connectivity index (χ4n) is 1.72. The van der Waals surface area contributed by atoms with E-state index in [1.165, 1.54) is 6.07 Å². The Morgan fingerprint density at radius 2 is 2.05 bits per heavy atom. The average molecular weight is 277 g/mol. The summed E-state index contributed by atoms with van der Waals surface area (Å²) in [6, 6.07) is 3.08. The third-order valence-corrected chi connectivity index (χ3v) is 3.72. The number of anilines is 1. The van der Waals surface area contributed by atoms with Gasteiger partial charge in [-0.25, -0.2) is 14.8 Å². The maximum Gasteiger partial charge on any atom is 0.335 e. The summed E-state index contributed by atoms with van der Waals surface area (Å²) >= 11 is 1.57. The van der Waals surface area contributed by atoms with Gasteiger partial charge in [0, 0.05) is 16.8 Å². The SMILES string of the molecule is Cc1cc(C(=O)O)cc(NC(C)c2nc(C)cs2)n1. The van der Waals surface area contributed by atoms with Gasteiger partial charge in [0.05, 0.1) is 11.6 Å². The van der Waals surface area contributed by atoms with Crippen LogP contribution in [0.5, 0.6) is 0 Å². The molecule has 0 saturated heterocycles. The molecule has 0 amide bonds. The molecule has 0 aromatic carbocycles. The lowest BCUT2D eigenvalue weighted by molar-refractivity contribution is 0.0696. The highest BCUT2D eigenvalue weighted by atomic mass is 32.1. The second kappa shape index (κ2) is 5.36. The number of nitrogens with zero attached hydrogens (tertiary/aromatic N) is 2. The van der Waals surface area contributed by atoms with Crippen LogP contribution in [0, 0.1) is 13.8 Å². The maximum atomic E-state index is 11.0. The zero-order valence-electron chi connectivity index (χ0n) is 11.0. The van der Waals surface area contributed by atoms with Crippen LogP contribution in [0.4, 0.5) is 5.82 Å². The van der Waals surface area contributed by atoms with Crippen LogP contribution in [0.1, 0.15) is 39.7 Å². The lowest BCUT2D eigenvalue weighted by Gasteiger charge is -2.13. The van der Waals surface area contributed by atoms with Crippen molar-refractivity contribution < 1.29 is 9.90 Å². The summed E-state index contributed by atoms with van der Waals surface area (Å²) < 4.78 is 0. The van der Waals surface area contributed by atoms with E-state index in [2.05, 4.69) is 15.3 Å². The molecule has 0 aliphatic carbocycles. The van der Waals surface area contributed by atoms with Crippen LogP contribution >= 0.6 is 11.3 Å². The van der Waals surface area contributed by atoms with E-state index >= 15 is 0 Å². The summed E-state index contributed by atoms with van der Waals surface area (Å²) in [5, 5.41) is 15.1. The van der Waals surface area contributed by atoms with E-state index in [-0.39, 0.29) is 11.6 Å². The number of pyridine rings is 1. The maximum absolute atomic E-state index is 11.0. The van der Waals surface area contributed by atoms with Crippen LogP contribution in [0.15, 0.2) is 17.5 Å². The summed E-state index contributed by atoms with van der Waals surface area (Å²) in [4.78, 5) is 19.7. The van der Waals surface area contributed by atoms with Gasteiger partial charge in [-0.3, -0.25) is 0 Å². The van der Waals surface area contributed by atoms with Crippen LogP contribution < -0.4 is 5.32 Å². The number of aryl methyl sites for hydroxylation is 2. The molecule has 0 radical (unpaired) electrons. The summed E-state index contributed by atoms with van der Waals surface area (Å²) in [5.74, 6) is -0.399. The Kier molecular flexibility index (Phi) is 3.80. The third kappa shape index (κ3) is 3.29. The van der Waals surface area contributed by atoms with Crippen LogP contribution in [0.3, 0.4) is 0 Å². The van der Waals surface area contributed by atoms with Gasteiger partial charge in [0.2, 0.25) is 0 Å². The first kappa shape index (κ1) is 13.5. The van der Waals surface area contributed by atoms with Crippen LogP contribution in [0.2, 0.25) is 0 Å². The van der Waals surface area contributed by atoms with E-state index in [1.54, 1.807) is 24.3 Å². The zero-order valence-corrected chi connectivity index (χ0v) is 11.8. The number of carboxylic acids is 1. The van der Waals surface area contributed by atoms with Gasteiger partial charge in [0.1, 0.15) is 10.8 Å². The number of rotatable bonds is 4. The van der Waals surface area contributed by atoms with Crippen LogP contribution in [-0.2, 0) is 0 Å². The molecule has 19 heavy (non-hydrogen) atoms. The molecule has 0 fully saturated rings. The Bertz CT molecular complexity index is 610. The van der Waals surface area contributed by atoms with E-state index in [9.17, 15) is 4.79 Å². The Morgan fingerprint density at radius 3 is 2.63 bits per heavy atom. The number of thiazole rings is 1. The third-order valence-electron chi connectivity index (χ3n) is 2.57. The van der Waals surface area contributed by atoms with Gasteiger partial charge in [0.15, 0.2) is 0 Å². The molecule has 1 unspecified atom stereocenters. The molecule has 0 saturated carbocycles. The van der Waals surface area contributed by atoms with E-state index < -0.39 is 5.97 Å². The Labute approximate surface area is 115 Å². The summed E-state index contributed by atoms with van der Waals surface area (Å²) in [6.07, 6.45) is 0. The number of nitrogens with one attached hydrogen (secondary N) is 1. The van der Waals surface area contributed by atoms with E-state index in [0.29, 0.717) is 11.5 Å². The molecule has 0 aliphatic rings. The van der Waals surface area contributed by atoms with Crippen molar-refractivity contribution in [3.05, 3.63) is 39.5 Å². The standard InChI is InChI=1S/C13H15N3O2S/c1-7-4-10(13(17)18)5-11(14-7)16-9(3)12-15-8(2)6-19-12/h4-6,9H,1-3H3,(H,14,16)(H,17,18). The number of hydrogen-bond acceptors (Lipinski definition) is 5. The quantitative estimate of drug-likeness (QED) is 0.898. The van der Waals surface area contributed by atoms with E-state index in [1.807, 2.05) is 19.2 Å². The highest BCUT2D eigenvalue weighted by Gasteiger charge is 2.12. The van der Waals surface area contributed by atoms with Gasteiger partial charge < -0.3 is 10.4 Å². The molecule has 6 heteroatoms. The predicted octanol–water partition coefficient (Wildman–Crippen LogP) is 3.03. The monoisotopic (exact) mass is 277 g/mol. The Hall–Kier alpha value is -1.95. The summed E-state index contributed by atoms with van der Waals surface area (Å²) in [6.45, 7) is 5.69. The minimum Gasteiger partial charge on any atom is -0.478 e. The van der Waals surface area contributed by atoms with Gasteiger partial charge >= 0.3 is 5.97 Å². The van der Waals surface area contributed by atoms with Crippen molar-refractivity contribution >= 4 is 23.1 Å². The highest BCUT2D eigenvalue weighted by molar-refractivity contribution is 7.09. The van der Waals surface area contributed by atoms with Gasteiger partial charge in [-0.1, -0.05) is 0 Å². The fraction of sp³-hybridized carbons (Fsp3) is 0.308. The van der Waals surface area contributed by atoms with Crippen molar-refractivity contribution in [1.29, 1.82) is 0 Å². The van der Waals surface area contributed by atoms with Gasteiger partial charge in [0.25, 0.3) is 0 Å². The van der Waals surface area contributed by atoms with Crippen LogP contribution in [0.25, 0.3) is 0 Å². The topological polar surface area (TPSA) is 75.1 Å². The lowest BCUT2D eigenvalue weighted by Crippen LogP contribution is -2.09. The Balaban J connectivity index is 2.21. The van der Waals surface area contributed by atoms with E-state index in [4.69, 9.17) is 5.11 Å². The molecule has 2 heterocycles. The molecule has 0 bridgehead atoms. The van der Waals surface area contributed by atoms with Gasteiger partial charge in [-0.2, -0.15) is 0 Å². The smallest absolute Gasteiger partial charge is 0.335 e. The molecule has 0 aliphatic heterocycles. The molecule has 1 atom stereocenters. The van der Waals surface area contributed by atoms with Crippen LogP contribution in [-0.4, -0.2) is 21.0 Å². The Morgan fingerprint density at radius 1 is 1.32 bits per heavy atom. The van der Waals surface area contributed by atoms with Gasteiger partial charge in [-0.15, -0.1) is 11.3 Å². The molecule has 2 aromatic rings. The largest absolute Gasteiger partial charge is 0.478 e. The molecule has 2 N–H and O–H groups in total. The molecule has 2 rings (SSSR count). The number of aromatic carboxylic acids is 1. The van der Waals surface area contributed by atoms with Crippen molar-refractivity contribution in [3.8, 4) is 0 Å². The molecule has 5 nitrogen and oxygen atoms in total. The minimum absolute atomic E-state index is 0.00496. The summed E-state index contributed by atoms with van der Waals surface area (Å²) in [7, 11) is 0. The van der Waals surface area contributed by atoms with Crippen molar-refractivity contribution in [2.24, 2.45) is 0 Å². The predicted molar refractivity (Wildman–Crippen MR) is 74.8 cm³/mol. The normalized spacial score (nSPS) is 12.2. The average Bonchev–Trinajstić information content (AvgIpc) is 2.75. The van der Waals surface area contributed by atoms with Crippen molar-refractivity contribution in [3.63, 3.8) is 0 Å². The first-order valence-electron chi connectivity index (χ1n) is 5.86. The second-order valence-electron chi connectivity index (χ2n) is 4.38. The number of carbonyl (C=O) groups is 1. The lowest BCUT2D eigenvalue weighted by atomic mass is 10.2. The zero-order chi connectivity index (χ0) is 14.0. The van der Waals surface area contributed by atoms with Crippen molar-refractivity contribution in [2.45, 2.75) is 26.8 Å². The fourth-order valence-corrected chi connectivity index (χ4v) is 2.52. The van der Waals surface area contributed by atoms with Crippen molar-refractivity contribution in [1.82, 2.24) is 9.97 Å². The second-order valence-corrected chi connectivity index (χ2v) is 5.27. The number of hydrogen-bond donors (Lipinski definition) is 2. The molecule has 2 aromatic heterocycles.